The summed E-state index contributed by atoms with van der Waals surface area (Å²) in [6.45, 7) is 12.4. The van der Waals surface area contributed by atoms with Crippen molar-refractivity contribution >= 4 is 19.7 Å². The predicted molar refractivity (Wildman–Crippen MR) is 102 cm³/mol. The third-order valence-electron chi connectivity index (χ3n) is 6.07. The second kappa shape index (κ2) is 5.78. The van der Waals surface area contributed by atoms with E-state index in [9.17, 15) is 0 Å². The van der Waals surface area contributed by atoms with E-state index in [1.54, 1.807) is 0 Å². The third kappa shape index (κ3) is 2.93. The molecular formula is C19H29N3OSi. The Kier molecular flexibility index (Phi) is 4.17. The van der Waals surface area contributed by atoms with Gasteiger partial charge in [0.1, 0.15) is 0 Å². The maximum atomic E-state index is 9.15. The predicted octanol–water partition coefficient (Wildman–Crippen LogP) is 4.71. The van der Waals surface area contributed by atoms with Gasteiger partial charge in [0.2, 0.25) is 0 Å². The molecule has 1 unspecified atom stereocenters. The van der Waals surface area contributed by atoms with Crippen LogP contribution in [0.3, 0.4) is 0 Å². The molecule has 0 aromatic heterocycles. The van der Waals surface area contributed by atoms with Gasteiger partial charge >= 0.3 is 0 Å². The molecule has 1 fully saturated rings. The lowest BCUT2D eigenvalue weighted by molar-refractivity contribution is -0.0336. The molecule has 3 rings (SSSR count). The lowest BCUT2D eigenvalue weighted by atomic mass is 9.74. The first kappa shape index (κ1) is 17.3. The summed E-state index contributed by atoms with van der Waals surface area (Å²) in [4.78, 5) is 0. The van der Waals surface area contributed by atoms with Crippen molar-refractivity contribution in [3.63, 3.8) is 0 Å². The maximum absolute atomic E-state index is 9.15. The van der Waals surface area contributed by atoms with Crippen LogP contribution in [0, 0.1) is 11.3 Å². The summed E-state index contributed by atoms with van der Waals surface area (Å²) in [5.74, 6) is 0. The third-order valence-corrected chi connectivity index (χ3v) is 10.6. The van der Waals surface area contributed by atoms with Crippen LogP contribution < -0.4 is 10.6 Å². The van der Waals surface area contributed by atoms with Gasteiger partial charge in [0.15, 0.2) is 8.32 Å². The summed E-state index contributed by atoms with van der Waals surface area (Å²) in [6.07, 6.45) is 3.47. The van der Waals surface area contributed by atoms with E-state index in [-0.39, 0.29) is 16.7 Å². The Morgan fingerprint density at radius 1 is 1.25 bits per heavy atom. The molecule has 1 saturated carbocycles. The number of anilines is 2. The average Bonchev–Trinajstić information content (AvgIpc) is 2.48. The van der Waals surface area contributed by atoms with Crippen LogP contribution in [0.15, 0.2) is 18.2 Å². The Bertz CT molecular complexity index is 668. The zero-order chi connectivity index (χ0) is 17.6. The molecule has 2 N–H and O–H groups in total. The zero-order valence-corrected chi connectivity index (χ0v) is 16.5. The second-order valence-corrected chi connectivity index (χ2v) is 13.5. The van der Waals surface area contributed by atoms with E-state index in [0.29, 0.717) is 5.56 Å². The Hall–Kier alpha value is -1.51. The molecular weight excluding hydrogens is 314 g/mol. The molecule has 0 amide bonds. The van der Waals surface area contributed by atoms with Crippen molar-refractivity contribution in [1.29, 1.82) is 5.26 Å². The van der Waals surface area contributed by atoms with Gasteiger partial charge in [-0.1, -0.05) is 20.8 Å². The van der Waals surface area contributed by atoms with Crippen LogP contribution in [-0.4, -0.2) is 26.5 Å². The number of fused-ring (bicyclic) bond motifs is 1. The van der Waals surface area contributed by atoms with E-state index >= 15 is 0 Å². The molecule has 1 heterocycles. The first-order valence-corrected chi connectivity index (χ1v) is 11.8. The molecule has 130 valence electrons. The number of rotatable bonds is 3. The average molecular weight is 344 g/mol. The smallest absolute Gasteiger partial charge is 0.192 e. The van der Waals surface area contributed by atoms with E-state index in [2.05, 4.69) is 50.6 Å². The fourth-order valence-corrected chi connectivity index (χ4v) is 5.03. The van der Waals surface area contributed by atoms with Crippen LogP contribution in [0.2, 0.25) is 18.1 Å². The van der Waals surface area contributed by atoms with Gasteiger partial charge in [0.05, 0.1) is 34.7 Å². The van der Waals surface area contributed by atoms with Gasteiger partial charge in [-0.3, -0.25) is 0 Å². The first-order chi connectivity index (χ1) is 11.2. The minimum atomic E-state index is -1.82. The summed E-state index contributed by atoms with van der Waals surface area (Å²) >= 11 is 0. The van der Waals surface area contributed by atoms with E-state index < -0.39 is 8.32 Å². The summed E-state index contributed by atoms with van der Waals surface area (Å²) in [6, 6.07) is 8.26. The lowest BCUT2D eigenvalue weighted by Crippen LogP contribution is -2.63. The van der Waals surface area contributed by atoms with Crippen LogP contribution in [0.4, 0.5) is 11.4 Å². The quantitative estimate of drug-likeness (QED) is 0.781. The summed E-state index contributed by atoms with van der Waals surface area (Å²) in [5, 5.41) is 16.6. The van der Waals surface area contributed by atoms with Crippen LogP contribution in [0.25, 0.3) is 0 Å². The number of nitrogens with one attached hydrogen (secondary N) is 2. The van der Waals surface area contributed by atoms with E-state index in [1.807, 2.05) is 18.2 Å². The highest BCUT2D eigenvalue weighted by Crippen LogP contribution is 2.48. The van der Waals surface area contributed by atoms with Crippen molar-refractivity contribution in [3.8, 4) is 6.07 Å². The number of benzene rings is 1. The van der Waals surface area contributed by atoms with Crippen LogP contribution in [-0.2, 0) is 4.43 Å². The normalized spacial score (nSPS) is 22.4. The van der Waals surface area contributed by atoms with E-state index in [1.165, 1.54) is 6.42 Å². The molecule has 1 aromatic rings. The zero-order valence-electron chi connectivity index (χ0n) is 15.5. The molecule has 0 spiro atoms. The SMILES string of the molecule is CC(C)(C)[Si](C)(C)OC1(C2CNc3ccc(C#N)cc3N2)CCC1. The van der Waals surface area contributed by atoms with E-state index in [0.717, 1.165) is 30.8 Å². The van der Waals surface area contributed by atoms with Crippen LogP contribution >= 0.6 is 0 Å². The summed E-state index contributed by atoms with van der Waals surface area (Å²) in [7, 11) is -1.82. The van der Waals surface area contributed by atoms with Gasteiger partial charge < -0.3 is 15.1 Å². The Balaban J connectivity index is 1.83. The highest BCUT2D eigenvalue weighted by atomic mass is 28.4. The molecule has 4 nitrogen and oxygen atoms in total. The standard InChI is InChI=1S/C19H29N3OSi/c1-18(2,3)24(4,5)23-19(9-6-10-19)17-13-21-15-8-7-14(12-20)11-16(15)22-17/h7-8,11,17,21-22H,6,9-10,13H2,1-5H3. The first-order valence-electron chi connectivity index (χ1n) is 8.92. The molecule has 1 aromatic carbocycles. The van der Waals surface area contributed by atoms with Crippen molar-refractivity contribution < 1.29 is 4.43 Å². The van der Waals surface area contributed by atoms with Gasteiger partial charge in [-0.05, 0) is 55.6 Å². The molecule has 24 heavy (non-hydrogen) atoms. The summed E-state index contributed by atoms with van der Waals surface area (Å²) in [5.41, 5.74) is 2.72. The monoisotopic (exact) mass is 343 g/mol. The fraction of sp³-hybridized carbons (Fsp3) is 0.632. The Morgan fingerprint density at radius 2 is 1.96 bits per heavy atom. The topological polar surface area (TPSA) is 57.1 Å². The minimum Gasteiger partial charge on any atom is -0.409 e. The molecule has 0 radical (unpaired) electrons. The second-order valence-electron chi connectivity index (χ2n) is 8.73. The fourth-order valence-electron chi connectivity index (χ4n) is 3.36. The highest BCUT2D eigenvalue weighted by Gasteiger charge is 2.52. The van der Waals surface area contributed by atoms with Gasteiger partial charge in [-0.15, -0.1) is 0 Å². The van der Waals surface area contributed by atoms with Crippen molar-refractivity contribution in [2.75, 3.05) is 17.2 Å². The van der Waals surface area contributed by atoms with Gasteiger partial charge in [0, 0.05) is 6.54 Å². The molecule has 2 aliphatic rings. The van der Waals surface area contributed by atoms with E-state index in [4.69, 9.17) is 9.69 Å². The van der Waals surface area contributed by atoms with Crippen LogP contribution in [0.5, 0.6) is 0 Å². The number of nitriles is 1. The van der Waals surface area contributed by atoms with Gasteiger partial charge in [0.25, 0.3) is 0 Å². The highest BCUT2D eigenvalue weighted by molar-refractivity contribution is 6.74. The van der Waals surface area contributed by atoms with Gasteiger partial charge in [-0.2, -0.15) is 5.26 Å². The molecule has 0 bridgehead atoms. The Labute approximate surface area is 146 Å². The van der Waals surface area contributed by atoms with Crippen molar-refractivity contribution in [3.05, 3.63) is 23.8 Å². The molecule has 1 aliphatic carbocycles. The van der Waals surface area contributed by atoms with Crippen molar-refractivity contribution in [2.24, 2.45) is 0 Å². The Morgan fingerprint density at radius 3 is 2.50 bits per heavy atom. The number of hydrogen-bond acceptors (Lipinski definition) is 4. The molecule has 0 saturated heterocycles. The molecule has 5 heteroatoms. The van der Waals surface area contributed by atoms with Crippen molar-refractivity contribution in [1.82, 2.24) is 0 Å². The largest absolute Gasteiger partial charge is 0.409 e. The minimum absolute atomic E-state index is 0.0731. The number of hydrogen-bond donors (Lipinski definition) is 2. The molecule has 1 aliphatic heterocycles. The lowest BCUT2D eigenvalue weighted by Gasteiger charge is -2.55. The summed E-state index contributed by atoms with van der Waals surface area (Å²) < 4.78 is 6.91. The molecule has 1 atom stereocenters. The van der Waals surface area contributed by atoms with Gasteiger partial charge in [-0.25, -0.2) is 0 Å². The maximum Gasteiger partial charge on any atom is 0.192 e. The number of nitrogens with zero attached hydrogens (tertiary/aromatic N) is 1. The van der Waals surface area contributed by atoms with Crippen LogP contribution in [0.1, 0.15) is 45.6 Å². The van der Waals surface area contributed by atoms with Crippen molar-refractivity contribution in [2.45, 2.75) is 69.8 Å².